The monoisotopic (exact) mass is 371 g/mol. The summed E-state index contributed by atoms with van der Waals surface area (Å²) in [6.07, 6.45) is 3.06. The predicted octanol–water partition coefficient (Wildman–Crippen LogP) is 2.91. The second-order valence-electron chi connectivity index (χ2n) is 7.71. The molecule has 27 heavy (non-hydrogen) atoms. The lowest BCUT2D eigenvalue weighted by Gasteiger charge is -2.33. The number of para-hydroxylation sites is 1. The number of carbonyl (C=O) groups excluding carboxylic acids is 1. The second kappa shape index (κ2) is 7.90. The zero-order chi connectivity index (χ0) is 18.8. The molecule has 6 heteroatoms. The Morgan fingerprint density at radius 2 is 2.15 bits per heavy atom. The van der Waals surface area contributed by atoms with Crippen molar-refractivity contribution in [1.29, 1.82) is 0 Å². The molecule has 0 saturated carbocycles. The highest BCUT2D eigenvalue weighted by Gasteiger charge is 2.25. The summed E-state index contributed by atoms with van der Waals surface area (Å²) in [5.74, 6) is 0.180. The van der Waals surface area contributed by atoms with Gasteiger partial charge in [0.2, 0.25) is 0 Å². The minimum atomic E-state index is -0.359. The van der Waals surface area contributed by atoms with Crippen molar-refractivity contribution in [1.82, 2.24) is 15.2 Å². The van der Waals surface area contributed by atoms with Crippen molar-refractivity contribution in [3.05, 3.63) is 41.3 Å². The largest absolute Gasteiger partial charge is 0.381 e. The smallest absolute Gasteiger partial charge is 0.253 e. The van der Waals surface area contributed by atoms with Crippen molar-refractivity contribution < 1.29 is 13.9 Å². The van der Waals surface area contributed by atoms with Crippen LogP contribution in [-0.2, 0) is 4.74 Å². The lowest BCUT2D eigenvalue weighted by Crippen LogP contribution is -2.46. The van der Waals surface area contributed by atoms with Gasteiger partial charge in [-0.25, -0.2) is 9.37 Å². The summed E-state index contributed by atoms with van der Waals surface area (Å²) in [5.41, 5.74) is 1.40. The molecule has 0 spiro atoms. The molecule has 2 saturated heterocycles. The summed E-state index contributed by atoms with van der Waals surface area (Å²) in [5, 5.41) is 3.80. The van der Waals surface area contributed by atoms with Crippen molar-refractivity contribution in [2.75, 3.05) is 32.8 Å². The van der Waals surface area contributed by atoms with Crippen LogP contribution in [0.5, 0.6) is 0 Å². The first kappa shape index (κ1) is 18.3. The first-order valence-corrected chi connectivity index (χ1v) is 9.77. The third-order valence-electron chi connectivity index (χ3n) is 5.69. The molecule has 2 fully saturated rings. The highest BCUT2D eigenvalue weighted by molar-refractivity contribution is 5.98. The van der Waals surface area contributed by atoms with E-state index in [1.807, 2.05) is 0 Å². The molecule has 0 aliphatic carbocycles. The van der Waals surface area contributed by atoms with E-state index in [1.54, 1.807) is 25.1 Å². The average molecular weight is 371 g/mol. The van der Waals surface area contributed by atoms with Crippen LogP contribution in [-0.4, -0.2) is 54.7 Å². The van der Waals surface area contributed by atoms with E-state index in [9.17, 15) is 9.18 Å². The fourth-order valence-electron chi connectivity index (χ4n) is 4.10. The zero-order valence-corrected chi connectivity index (χ0v) is 15.7. The van der Waals surface area contributed by atoms with Crippen LogP contribution in [0.25, 0.3) is 10.9 Å². The van der Waals surface area contributed by atoms with Gasteiger partial charge in [0.25, 0.3) is 5.91 Å². The molecular formula is C21H26FN3O2. The molecule has 0 bridgehead atoms. The van der Waals surface area contributed by atoms with Gasteiger partial charge in [-0.05, 0) is 44.2 Å². The number of hydrogen-bond donors (Lipinski definition) is 1. The number of ether oxygens (including phenoxy) is 1. The van der Waals surface area contributed by atoms with Crippen LogP contribution in [0.4, 0.5) is 4.39 Å². The van der Waals surface area contributed by atoms with Crippen molar-refractivity contribution in [3.63, 3.8) is 0 Å². The fraction of sp³-hybridized carbons (Fsp3) is 0.524. The van der Waals surface area contributed by atoms with Gasteiger partial charge in [0.05, 0.1) is 17.9 Å². The standard InChI is InChI=1S/C21H26FN3O2/c1-14-18(11-16-3-2-4-19(22)20(16)23-14)21(26)24-17-5-8-25(9-6-17)12-15-7-10-27-13-15/h2-4,11,15,17H,5-10,12-13H2,1H3,(H,24,26)/t15-/m1/s1. The maximum atomic E-state index is 13.9. The van der Waals surface area contributed by atoms with E-state index in [4.69, 9.17) is 4.74 Å². The number of aromatic nitrogens is 1. The Labute approximate surface area is 158 Å². The minimum Gasteiger partial charge on any atom is -0.381 e. The van der Waals surface area contributed by atoms with Crippen LogP contribution < -0.4 is 5.32 Å². The third-order valence-corrected chi connectivity index (χ3v) is 5.69. The van der Waals surface area contributed by atoms with Crippen molar-refractivity contribution >= 4 is 16.8 Å². The molecule has 1 atom stereocenters. The van der Waals surface area contributed by atoms with Gasteiger partial charge in [-0.15, -0.1) is 0 Å². The Morgan fingerprint density at radius 3 is 2.89 bits per heavy atom. The van der Waals surface area contributed by atoms with Crippen LogP contribution in [0.15, 0.2) is 24.3 Å². The molecule has 1 N–H and O–H groups in total. The number of fused-ring (bicyclic) bond motifs is 1. The van der Waals surface area contributed by atoms with Gasteiger partial charge in [0.1, 0.15) is 11.3 Å². The van der Waals surface area contributed by atoms with Crippen LogP contribution in [0.1, 0.15) is 35.3 Å². The SMILES string of the molecule is Cc1nc2c(F)cccc2cc1C(=O)NC1CCN(C[C@H]2CCOC2)CC1. The Balaban J connectivity index is 1.37. The maximum absolute atomic E-state index is 13.9. The summed E-state index contributed by atoms with van der Waals surface area (Å²) in [7, 11) is 0. The number of nitrogens with zero attached hydrogens (tertiary/aromatic N) is 2. The van der Waals surface area contributed by atoms with E-state index in [1.165, 1.54) is 6.07 Å². The van der Waals surface area contributed by atoms with Gasteiger partial charge in [0.15, 0.2) is 0 Å². The highest BCUT2D eigenvalue weighted by Crippen LogP contribution is 2.21. The molecule has 144 valence electrons. The number of rotatable bonds is 4. The van der Waals surface area contributed by atoms with Gasteiger partial charge in [-0.1, -0.05) is 12.1 Å². The number of amides is 1. The van der Waals surface area contributed by atoms with Gasteiger partial charge in [-0.3, -0.25) is 4.79 Å². The Kier molecular flexibility index (Phi) is 5.36. The normalized spacial score (nSPS) is 21.6. The summed E-state index contributed by atoms with van der Waals surface area (Å²) in [6.45, 7) is 6.63. The molecule has 1 amide bonds. The molecule has 1 aromatic carbocycles. The number of halogens is 1. The highest BCUT2D eigenvalue weighted by atomic mass is 19.1. The van der Waals surface area contributed by atoms with E-state index in [2.05, 4.69) is 15.2 Å². The molecule has 4 rings (SSSR count). The van der Waals surface area contributed by atoms with Crippen LogP contribution in [0, 0.1) is 18.7 Å². The van der Waals surface area contributed by atoms with E-state index in [0.717, 1.165) is 52.1 Å². The summed E-state index contributed by atoms with van der Waals surface area (Å²) >= 11 is 0. The molecule has 1 aromatic heterocycles. The number of aryl methyl sites for hydroxylation is 1. The van der Waals surface area contributed by atoms with E-state index < -0.39 is 0 Å². The maximum Gasteiger partial charge on any atom is 0.253 e. The fourth-order valence-corrected chi connectivity index (χ4v) is 4.10. The molecule has 0 unspecified atom stereocenters. The molecule has 5 nitrogen and oxygen atoms in total. The number of carbonyl (C=O) groups is 1. The Morgan fingerprint density at radius 1 is 1.33 bits per heavy atom. The topological polar surface area (TPSA) is 54.5 Å². The molecule has 2 aliphatic rings. The van der Waals surface area contributed by atoms with Crippen LogP contribution in [0.2, 0.25) is 0 Å². The van der Waals surface area contributed by atoms with E-state index in [-0.39, 0.29) is 17.8 Å². The van der Waals surface area contributed by atoms with Crippen LogP contribution in [0.3, 0.4) is 0 Å². The Hall–Kier alpha value is -2.05. The minimum absolute atomic E-state index is 0.117. The Bertz CT molecular complexity index is 828. The zero-order valence-electron chi connectivity index (χ0n) is 15.7. The molecule has 0 radical (unpaired) electrons. The summed E-state index contributed by atoms with van der Waals surface area (Å²) in [4.78, 5) is 19.5. The van der Waals surface area contributed by atoms with E-state index in [0.29, 0.717) is 28.1 Å². The number of piperidine rings is 1. The van der Waals surface area contributed by atoms with Crippen molar-refractivity contribution in [3.8, 4) is 0 Å². The number of benzene rings is 1. The average Bonchev–Trinajstić information content (AvgIpc) is 3.17. The first-order chi connectivity index (χ1) is 13.1. The summed E-state index contributed by atoms with van der Waals surface area (Å²) in [6, 6.07) is 6.73. The van der Waals surface area contributed by atoms with Crippen molar-refractivity contribution in [2.24, 2.45) is 5.92 Å². The lowest BCUT2D eigenvalue weighted by atomic mass is 10.0. The molecular weight excluding hydrogens is 345 g/mol. The molecule has 2 aromatic rings. The van der Waals surface area contributed by atoms with Gasteiger partial charge < -0.3 is 15.0 Å². The lowest BCUT2D eigenvalue weighted by molar-refractivity contribution is 0.0902. The van der Waals surface area contributed by atoms with Gasteiger partial charge in [-0.2, -0.15) is 0 Å². The van der Waals surface area contributed by atoms with Crippen molar-refractivity contribution in [2.45, 2.75) is 32.2 Å². The van der Waals surface area contributed by atoms with Gasteiger partial charge in [0, 0.05) is 37.7 Å². The van der Waals surface area contributed by atoms with Crippen LogP contribution >= 0.6 is 0 Å². The summed E-state index contributed by atoms with van der Waals surface area (Å²) < 4.78 is 19.3. The number of pyridine rings is 1. The molecule has 3 heterocycles. The number of nitrogens with one attached hydrogen (secondary N) is 1. The quantitative estimate of drug-likeness (QED) is 0.898. The molecule has 2 aliphatic heterocycles. The number of likely N-dealkylation sites (tertiary alicyclic amines) is 1. The predicted molar refractivity (Wildman–Crippen MR) is 102 cm³/mol. The van der Waals surface area contributed by atoms with E-state index >= 15 is 0 Å². The second-order valence-corrected chi connectivity index (χ2v) is 7.71. The van der Waals surface area contributed by atoms with Gasteiger partial charge >= 0.3 is 0 Å². The third kappa shape index (κ3) is 4.12. The first-order valence-electron chi connectivity index (χ1n) is 9.77. The number of hydrogen-bond acceptors (Lipinski definition) is 4.